The summed E-state index contributed by atoms with van der Waals surface area (Å²) in [6, 6.07) is 5.41. The van der Waals surface area contributed by atoms with Crippen LogP contribution < -0.4 is 0 Å². The third-order valence-electron chi connectivity index (χ3n) is 3.76. The van der Waals surface area contributed by atoms with Crippen LogP contribution in [-0.2, 0) is 0 Å². The summed E-state index contributed by atoms with van der Waals surface area (Å²) < 4.78 is 14.3. The van der Waals surface area contributed by atoms with E-state index in [0.29, 0.717) is 16.8 Å². The fraction of sp³-hybridized carbons (Fsp3) is 0.400. The summed E-state index contributed by atoms with van der Waals surface area (Å²) >= 11 is 0. The Hall–Kier alpha value is -1.84. The monoisotopic (exact) mass is 260 g/mol. The fourth-order valence-corrected chi connectivity index (χ4v) is 2.43. The Morgan fingerprint density at radius 2 is 2.11 bits per heavy atom. The first-order valence-electron chi connectivity index (χ1n) is 6.68. The van der Waals surface area contributed by atoms with Crippen LogP contribution in [0.4, 0.5) is 4.39 Å². The number of amides is 1. The maximum Gasteiger partial charge on any atom is 0.270 e. The summed E-state index contributed by atoms with van der Waals surface area (Å²) in [6.45, 7) is 5.51. The topological polar surface area (TPSA) is 36.1 Å². The van der Waals surface area contributed by atoms with Gasteiger partial charge in [-0.2, -0.15) is 0 Å². The van der Waals surface area contributed by atoms with Crippen LogP contribution in [0.15, 0.2) is 18.2 Å². The average Bonchev–Trinajstić information content (AvgIpc) is 2.71. The Kier molecular flexibility index (Phi) is 2.81. The summed E-state index contributed by atoms with van der Waals surface area (Å²) in [5.74, 6) is -0.148. The van der Waals surface area contributed by atoms with E-state index in [1.807, 2.05) is 19.9 Å². The molecule has 1 aliphatic heterocycles. The van der Waals surface area contributed by atoms with Gasteiger partial charge in [0.25, 0.3) is 5.91 Å². The number of halogens is 1. The standard InChI is InChI=1S/C15H17FN2O/c1-9(2)11-5-4-10-8-12(17-14(10)13(11)16)15(19)18-6-3-7-18/h4-5,8-9,17H,3,6-7H2,1-2H3. The molecule has 0 spiro atoms. The van der Waals surface area contributed by atoms with Crippen molar-refractivity contribution in [1.82, 2.24) is 9.88 Å². The van der Waals surface area contributed by atoms with Crippen LogP contribution in [0.5, 0.6) is 0 Å². The Bertz CT molecular complexity index is 641. The van der Waals surface area contributed by atoms with E-state index in [1.54, 1.807) is 17.0 Å². The van der Waals surface area contributed by atoms with Gasteiger partial charge in [0, 0.05) is 18.5 Å². The first-order valence-corrected chi connectivity index (χ1v) is 6.68. The summed E-state index contributed by atoms with van der Waals surface area (Å²) in [6.07, 6.45) is 1.05. The third kappa shape index (κ3) is 1.91. The molecular weight excluding hydrogens is 243 g/mol. The summed E-state index contributed by atoms with van der Waals surface area (Å²) in [5.41, 5.74) is 1.60. The van der Waals surface area contributed by atoms with E-state index in [9.17, 15) is 9.18 Å². The lowest BCUT2D eigenvalue weighted by Crippen LogP contribution is -2.42. The van der Waals surface area contributed by atoms with E-state index >= 15 is 0 Å². The van der Waals surface area contributed by atoms with E-state index in [0.717, 1.165) is 24.9 Å². The van der Waals surface area contributed by atoms with Gasteiger partial charge in [-0.1, -0.05) is 26.0 Å². The lowest BCUT2D eigenvalue weighted by atomic mass is 10.0. The molecule has 1 aliphatic rings. The minimum atomic E-state index is -0.241. The van der Waals surface area contributed by atoms with Crippen LogP contribution in [0.2, 0.25) is 0 Å². The van der Waals surface area contributed by atoms with Crippen molar-refractivity contribution in [2.75, 3.05) is 13.1 Å². The normalized spacial score (nSPS) is 15.1. The molecule has 1 N–H and O–H groups in total. The molecule has 1 amide bonds. The molecule has 19 heavy (non-hydrogen) atoms. The van der Waals surface area contributed by atoms with Crippen LogP contribution in [0, 0.1) is 5.82 Å². The van der Waals surface area contributed by atoms with Crippen molar-refractivity contribution in [1.29, 1.82) is 0 Å². The predicted molar refractivity (Wildman–Crippen MR) is 72.9 cm³/mol. The molecule has 3 nitrogen and oxygen atoms in total. The van der Waals surface area contributed by atoms with Gasteiger partial charge in [-0.05, 0) is 24.0 Å². The highest BCUT2D eigenvalue weighted by Gasteiger charge is 2.23. The van der Waals surface area contributed by atoms with Crippen molar-refractivity contribution in [3.05, 3.63) is 35.3 Å². The lowest BCUT2D eigenvalue weighted by molar-refractivity contribution is 0.0646. The second-order valence-corrected chi connectivity index (χ2v) is 5.42. The highest BCUT2D eigenvalue weighted by molar-refractivity contribution is 5.98. The third-order valence-corrected chi connectivity index (χ3v) is 3.76. The summed E-state index contributed by atoms with van der Waals surface area (Å²) in [4.78, 5) is 16.8. The van der Waals surface area contributed by atoms with Gasteiger partial charge in [0.2, 0.25) is 0 Å². The van der Waals surface area contributed by atoms with Gasteiger partial charge in [-0.25, -0.2) is 4.39 Å². The van der Waals surface area contributed by atoms with Gasteiger partial charge >= 0.3 is 0 Å². The first-order chi connectivity index (χ1) is 9.08. The Morgan fingerprint density at radius 3 is 2.68 bits per heavy atom. The van der Waals surface area contributed by atoms with Gasteiger partial charge in [0.1, 0.15) is 5.69 Å². The molecule has 3 rings (SSSR count). The fourth-order valence-electron chi connectivity index (χ4n) is 2.43. The number of fused-ring (bicyclic) bond motifs is 1. The molecule has 1 aromatic heterocycles. The summed E-state index contributed by atoms with van der Waals surface area (Å²) in [7, 11) is 0. The van der Waals surface area contributed by atoms with E-state index in [2.05, 4.69) is 4.98 Å². The van der Waals surface area contributed by atoms with E-state index < -0.39 is 0 Å². The minimum Gasteiger partial charge on any atom is -0.348 e. The molecule has 0 aliphatic carbocycles. The number of likely N-dealkylation sites (tertiary alicyclic amines) is 1. The number of carbonyl (C=O) groups excluding carboxylic acids is 1. The Morgan fingerprint density at radius 1 is 1.37 bits per heavy atom. The van der Waals surface area contributed by atoms with Crippen molar-refractivity contribution in [3.8, 4) is 0 Å². The van der Waals surface area contributed by atoms with Gasteiger partial charge in [0.15, 0.2) is 5.82 Å². The van der Waals surface area contributed by atoms with Crippen molar-refractivity contribution < 1.29 is 9.18 Å². The first kappa shape index (κ1) is 12.2. The molecule has 1 saturated heterocycles. The number of aromatic amines is 1. The SMILES string of the molecule is CC(C)c1ccc2cc(C(=O)N3CCC3)[nH]c2c1F. The number of hydrogen-bond acceptors (Lipinski definition) is 1. The van der Waals surface area contributed by atoms with Crippen LogP contribution in [0.3, 0.4) is 0 Å². The largest absolute Gasteiger partial charge is 0.348 e. The van der Waals surface area contributed by atoms with E-state index in [4.69, 9.17) is 0 Å². The van der Waals surface area contributed by atoms with Crippen LogP contribution in [-0.4, -0.2) is 28.9 Å². The average molecular weight is 260 g/mol. The number of nitrogens with zero attached hydrogens (tertiary/aromatic N) is 1. The maximum atomic E-state index is 14.3. The zero-order valence-electron chi connectivity index (χ0n) is 11.2. The molecule has 0 unspecified atom stereocenters. The van der Waals surface area contributed by atoms with Crippen molar-refractivity contribution in [2.45, 2.75) is 26.2 Å². The lowest BCUT2D eigenvalue weighted by Gasteiger charge is -2.30. The predicted octanol–water partition coefficient (Wildman–Crippen LogP) is 3.28. The minimum absolute atomic E-state index is 0.0343. The molecule has 4 heteroatoms. The Labute approximate surface area is 111 Å². The second kappa shape index (κ2) is 4.37. The van der Waals surface area contributed by atoms with Crippen LogP contribution in [0.1, 0.15) is 42.2 Å². The number of benzene rings is 1. The number of hydrogen-bond donors (Lipinski definition) is 1. The van der Waals surface area contributed by atoms with Gasteiger partial charge < -0.3 is 9.88 Å². The van der Waals surface area contributed by atoms with Crippen LogP contribution >= 0.6 is 0 Å². The van der Waals surface area contributed by atoms with Crippen molar-refractivity contribution in [3.63, 3.8) is 0 Å². The molecule has 0 saturated carbocycles. The zero-order valence-corrected chi connectivity index (χ0v) is 11.2. The molecule has 0 radical (unpaired) electrons. The molecule has 100 valence electrons. The molecule has 1 fully saturated rings. The van der Waals surface area contributed by atoms with E-state index in [-0.39, 0.29) is 17.6 Å². The number of aromatic nitrogens is 1. The van der Waals surface area contributed by atoms with Crippen molar-refractivity contribution in [2.24, 2.45) is 0 Å². The number of nitrogens with one attached hydrogen (secondary N) is 1. The molecule has 0 atom stereocenters. The molecule has 2 heterocycles. The maximum absolute atomic E-state index is 14.3. The summed E-state index contributed by atoms with van der Waals surface area (Å²) in [5, 5.41) is 0.755. The van der Waals surface area contributed by atoms with Gasteiger partial charge in [-0.3, -0.25) is 4.79 Å². The highest BCUT2D eigenvalue weighted by Crippen LogP contribution is 2.27. The second-order valence-electron chi connectivity index (χ2n) is 5.42. The number of rotatable bonds is 2. The smallest absolute Gasteiger partial charge is 0.270 e. The molecule has 0 bridgehead atoms. The quantitative estimate of drug-likeness (QED) is 0.883. The molecule has 2 aromatic rings. The Balaban J connectivity index is 2.05. The zero-order chi connectivity index (χ0) is 13.6. The highest BCUT2D eigenvalue weighted by atomic mass is 19.1. The molecular formula is C15H17FN2O. The molecule has 1 aromatic carbocycles. The number of H-pyrrole nitrogens is 1. The van der Waals surface area contributed by atoms with E-state index in [1.165, 1.54) is 0 Å². The number of carbonyl (C=O) groups is 1. The van der Waals surface area contributed by atoms with Gasteiger partial charge in [0.05, 0.1) is 5.52 Å². The van der Waals surface area contributed by atoms with Crippen molar-refractivity contribution >= 4 is 16.8 Å². The van der Waals surface area contributed by atoms with Gasteiger partial charge in [-0.15, -0.1) is 0 Å². The van der Waals surface area contributed by atoms with Crippen LogP contribution in [0.25, 0.3) is 10.9 Å².